The van der Waals surface area contributed by atoms with Gasteiger partial charge in [0.25, 0.3) is 0 Å². The van der Waals surface area contributed by atoms with E-state index < -0.39 is 0 Å². The lowest BCUT2D eigenvalue weighted by atomic mass is 9.76. The smallest absolute Gasteiger partial charge is 0.0619 e. The Morgan fingerprint density at radius 3 is 2.71 bits per heavy atom. The van der Waals surface area contributed by atoms with Crippen molar-refractivity contribution < 1.29 is 4.74 Å². The molecule has 0 amide bonds. The fourth-order valence-corrected chi connectivity index (χ4v) is 3.42. The molecule has 0 spiro atoms. The Hall–Kier alpha value is -0.120. The summed E-state index contributed by atoms with van der Waals surface area (Å²) < 4.78 is 5.53. The van der Waals surface area contributed by atoms with Crippen molar-refractivity contribution in [1.82, 2.24) is 4.90 Å². The van der Waals surface area contributed by atoms with Crippen LogP contribution in [0.1, 0.15) is 40.0 Å². The van der Waals surface area contributed by atoms with E-state index in [2.05, 4.69) is 25.7 Å². The predicted octanol–water partition coefficient (Wildman–Crippen LogP) is 1.86. The van der Waals surface area contributed by atoms with Crippen LogP contribution in [0.15, 0.2) is 0 Å². The minimum Gasteiger partial charge on any atom is -0.379 e. The molecule has 2 rings (SSSR count). The summed E-state index contributed by atoms with van der Waals surface area (Å²) in [5, 5.41) is 0. The molecule has 1 aliphatic carbocycles. The van der Waals surface area contributed by atoms with Gasteiger partial charge in [-0.2, -0.15) is 0 Å². The predicted molar refractivity (Wildman–Crippen MR) is 70.9 cm³/mol. The molecule has 0 aromatic carbocycles. The molecule has 0 aromatic heterocycles. The summed E-state index contributed by atoms with van der Waals surface area (Å²) in [6, 6.07) is 1.48. The molecule has 1 saturated heterocycles. The Bertz CT molecular complexity index is 244. The van der Waals surface area contributed by atoms with Gasteiger partial charge in [-0.25, -0.2) is 0 Å². The van der Waals surface area contributed by atoms with Crippen LogP contribution in [-0.2, 0) is 4.74 Å². The summed E-state index contributed by atoms with van der Waals surface area (Å²) >= 11 is 0. The molecular formula is C14H28N2O. The standard InChI is InChI=1S/C14H28N2O/c1-10(2)12-4-5-13(15)14(8-12)16-6-7-17-9-11(16)3/h10-14H,4-9,15H2,1-3H3. The van der Waals surface area contributed by atoms with E-state index in [1.165, 1.54) is 19.3 Å². The zero-order valence-electron chi connectivity index (χ0n) is 11.6. The highest BCUT2D eigenvalue weighted by atomic mass is 16.5. The summed E-state index contributed by atoms with van der Waals surface area (Å²) in [5.74, 6) is 1.65. The van der Waals surface area contributed by atoms with Gasteiger partial charge < -0.3 is 10.5 Å². The largest absolute Gasteiger partial charge is 0.379 e. The van der Waals surface area contributed by atoms with Crippen LogP contribution in [0, 0.1) is 11.8 Å². The van der Waals surface area contributed by atoms with Crippen LogP contribution in [0.3, 0.4) is 0 Å². The maximum atomic E-state index is 6.35. The molecule has 4 unspecified atom stereocenters. The Kier molecular flexibility index (Phi) is 4.45. The second kappa shape index (κ2) is 5.68. The highest BCUT2D eigenvalue weighted by Gasteiger charge is 2.36. The Morgan fingerprint density at radius 2 is 2.06 bits per heavy atom. The Morgan fingerprint density at radius 1 is 1.29 bits per heavy atom. The van der Waals surface area contributed by atoms with Crippen LogP contribution in [0.25, 0.3) is 0 Å². The van der Waals surface area contributed by atoms with Gasteiger partial charge in [0.2, 0.25) is 0 Å². The normalized spacial score (nSPS) is 40.8. The summed E-state index contributed by atoms with van der Waals surface area (Å²) in [6.45, 7) is 9.77. The first-order valence-corrected chi connectivity index (χ1v) is 7.18. The molecule has 2 N–H and O–H groups in total. The van der Waals surface area contributed by atoms with E-state index in [9.17, 15) is 0 Å². The van der Waals surface area contributed by atoms with Gasteiger partial charge in [0.05, 0.1) is 13.2 Å². The Balaban J connectivity index is 2.01. The zero-order valence-corrected chi connectivity index (χ0v) is 11.6. The van der Waals surface area contributed by atoms with Gasteiger partial charge in [-0.3, -0.25) is 4.90 Å². The fraction of sp³-hybridized carbons (Fsp3) is 1.00. The van der Waals surface area contributed by atoms with E-state index in [-0.39, 0.29) is 0 Å². The lowest BCUT2D eigenvalue weighted by Gasteiger charge is -2.46. The van der Waals surface area contributed by atoms with Crippen molar-refractivity contribution in [3.8, 4) is 0 Å². The SMILES string of the molecule is CC(C)C1CCC(N)C(N2CCOCC2C)C1. The van der Waals surface area contributed by atoms with Gasteiger partial charge in [0.1, 0.15) is 0 Å². The first-order valence-electron chi connectivity index (χ1n) is 7.18. The van der Waals surface area contributed by atoms with Crippen molar-refractivity contribution in [1.29, 1.82) is 0 Å². The van der Waals surface area contributed by atoms with Crippen molar-refractivity contribution in [3.05, 3.63) is 0 Å². The molecule has 1 saturated carbocycles. The van der Waals surface area contributed by atoms with Gasteiger partial charge in [0.15, 0.2) is 0 Å². The quantitative estimate of drug-likeness (QED) is 0.800. The summed E-state index contributed by atoms with van der Waals surface area (Å²) in [4.78, 5) is 2.60. The average molecular weight is 240 g/mol. The van der Waals surface area contributed by atoms with Crippen LogP contribution >= 0.6 is 0 Å². The highest BCUT2D eigenvalue weighted by Crippen LogP contribution is 2.33. The summed E-state index contributed by atoms with van der Waals surface area (Å²) in [7, 11) is 0. The molecule has 2 aliphatic rings. The van der Waals surface area contributed by atoms with Crippen molar-refractivity contribution in [2.45, 2.75) is 58.2 Å². The second-order valence-corrected chi connectivity index (χ2v) is 6.21. The van der Waals surface area contributed by atoms with Crippen LogP contribution < -0.4 is 5.73 Å². The van der Waals surface area contributed by atoms with E-state index >= 15 is 0 Å². The number of morpholine rings is 1. The minimum atomic E-state index is 0.366. The fourth-order valence-electron chi connectivity index (χ4n) is 3.42. The van der Waals surface area contributed by atoms with Crippen molar-refractivity contribution >= 4 is 0 Å². The first-order chi connectivity index (χ1) is 8.09. The molecule has 0 radical (unpaired) electrons. The van der Waals surface area contributed by atoms with Gasteiger partial charge >= 0.3 is 0 Å². The van der Waals surface area contributed by atoms with Crippen LogP contribution in [-0.4, -0.2) is 42.8 Å². The monoisotopic (exact) mass is 240 g/mol. The van der Waals surface area contributed by atoms with Crippen molar-refractivity contribution in [3.63, 3.8) is 0 Å². The van der Waals surface area contributed by atoms with E-state index in [1.807, 2.05) is 0 Å². The van der Waals surface area contributed by atoms with Gasteiger partial charge in [-0.15, -0.1) is 0 Å². The summed E-state index contributed by atoms with van der Waals surface area (Å²) in [5.41, 5.74) is 6.35. The van der Waals surface area contributed by atoms with Gasteiger partial charge in [-0.05, 0) is 38.0 Å². The molecule has 3 heteroatoms. The van der Waals surface area contributed by atoms with E-state index in [1.54, 1.807) is 0 Å². The topological polar surface area (TPSA) is 38.5 Å². The number of rotatable bonds is 2. The average Bonchev–Trinajstić information content (AvgIpc) is 2.30. The minimum absolute atomic E-state index is 0.366. The lowest BCUT2D eigenvalue weighted by Crippen LogP contribution is -2.58. The maximum Gasteiger partial charge on any atom is 0.0619 e. The molecule has 0 aromatic rings. The third-order valence-corrected chi connectivity index (χ3v) is 4.70. The molecule has 1 heterocycles. The second-order valence-electron chi connectivity index (χ2n) is 6.21. The van der Waals surface area contributed by atoms with E-state index in [4.69, 9.17) is 10.5 Å². The zero-order chi connectivity index (χ0) is 12.4. The molecule has 0 bridgehead atoms. The molecule has 3 nitrogen and oxygen atoms in total. The molecule has 2 fully saturated rings. The van der Waals surface area contributed by atoms with Gasteiger partial charge in [0, 0.05) is 24.7 Å². The van der Waals surface area contributed by atoms with Crippen molar-refractivity contribution in [2.75, 3.05) is 19.8 Å². The van der Waals surface area contributed by atoms with E-state index in [0.717, 1.165) is 31.6 Å². The van der Waals surface area contributed by atoms with Crippen LogP contribution in [0.4, 0.5) is 0 Å². The third kappa shape index (κ3) is 3.01. The first kappa shape index (κ1) is 13.3. The maximum absolute atomic E-state index is 6.35. The van der Waals surface area contributed by atoms with Gasteiger partial charge in [-0.1, -0.05) is 13.8 Å². The highest BCUT2D eigenvalue weighted by molar-refractivity contribution is 4.92. The molecule has 17 heavy (non-hydrogen) atoms. The number of hydrogen-bond donors (Lipinski definition) is 1. The molecule has 4 atom stereocenters. The third-order valence-electron chi connectivity index (χ3n) is 4.70. The number of hydrogen-bond acceptors (Lipinski definition) is 3. The van der Waals surface area contributed by atoms with Crippen LogP contribution in [0.2, 0.25) is 0 Å². The van der Waals surface area contributed by atoms with Crippen LogP contribution in [0.5, 0.6) is 0 Å². The lowest BCUT2D eigenvalue weighted by molar-refractivity contribution is -0.0409. The van der Waals surface area contributed by atoms with Crippen molar-refractivity contribution in [2.24, 2.45) is 17.6 Å². The Labute approximate surface area is 106 Å². The molecule has 1 aliphatic heterocycles. The summed E-state index contributed by atoms with van der Waals surface area (Å²) in [6.07, 6.45) is 3.79. The number of nitrogens with two attached hydrogens (primary N) is 1. The number of nitrogens with zero attached hydrogens (tertiary/aromatic N) is 1. The molecule has 100 valence electrons. The number of ether oxygens (including phenoxy) is 1. The molecular weight excluding hydrogens is 212 g/mol. The van der Waals surface area contributed by atoms with E-state index in [0.29, 0.717) is 18.1 Å².